The predicted octanol–water partition coefficient (Wildman–Crippen LogP) is -1.04. The van der Waals surface area contributed by atoms with Gasteiger partial charge in [-0.05, 0) is 6.08 Å². The molecule has 0 saturated carbocycles. The van der Waals surface area contributed by atoms with Gasteiger partial charge in [0.2, 0.25) is 5.88 Å². The van der Waals surface area contributed by atoms with Crippen LogP contribution in [0.1, 0.15) is 6.42 Å². The summed E-state index contributed by atoms with van der Waals surface area (Å²) in [5, 5.41) is 38.8. The second-order valence-electron chi connectivity index (χ2n) is 3.72. The Morgan fingerprint density at radius 3 is 2.94 bits per heavy atom. The zero-order chi connectivity index (χ0) is 11.7. The Morgan fingerprint density at radius 2 is 2.38 bits per heavy atom. The van der Waals surface area contributed by atoms with Crippen molar-refractivity contribution in [3.8, 4) is 0 Å². The first kappa shape index (κ1) is 11.2. The fourth-order valence-electron chi connectivity index (χ4n) is 1.78. The molecule has 0 bridgehead atoms. The van der Waals surface area contributed by atoms with Crippen molar-refractivity contribution in [2.45, 2.75) is 24.9 Å². The molecule has 0 unspecified atom stereocenters. The molecular formula is C9H13N2O5. The lowest BCUT2D eigenvalue weighted by atomic mass is 10.2. The Balaban J connectivity index is 2.03. The van der Waals surface area contributed by atoms with Gasteiger partial charge in [0.05, 0.1) is 12.7 Å². The molecule has 3 N–H and O–H groups in total. The molecule has 7 nitrogen and oxygen atoms in total. The van der Waals surface area contributed by atoms with Gasteiger partial charge in [0, 0.05) is 13.0 Å². The Morgan fingerprint density at radius 1 is 1.62 bits per heavy atom. The topological polar surface area (TPSA) is 105 Å². The minimum atomic E-state index is -0.790. The first-order chi connectivity index (χ1) is 7.61. The third-order valence-corrected chi connectivity index (χ3v) is 2.66. The number of hydrogen-bond donors (Lipinski definition) is 3. The van der Waals surface area contributed by atoms with E-state index in [1.54, 1.807) is 0 Å². The van der Waals surface area contributed by atoms with E-state index in [9.17, 15) is 10.2 Å². The average molecular weight is 229 g/mol. The summed E-state index contributed by atoms with van der Waals surface area (Å²) in [5.74, 6) is -0.307. The van der Waals surface area contributed by atoms with Gasteiger partial charge in [-0.3, -0.25) is 4.90 Å². The summed E-state index contributed by atoms with van der Waals surface area (Å²) in [6.45, 7) is -0.109. The standard InChI is InChI=1S/C9H13N2O5/c12-4-6-5(13)3-8(16-6)11-2-1-7(14)10-9(11)15/h1,5-6,8,12-14H,2-4H2/t5-,6+,8+/m0/s1. The summed E-state index contributed by atoms with van der Waals surface area (Å²) in [7, 11) is 0. The number of amidine groups is 1. The Kier molecular flexibility index (Phi) is 2.99. The SMILES string of the molecule is [O]C1=NC(O)=CCN1[C@H]1C[C@H](O)[C@@H](CO)O1. The highest BCUT2D eigenvalue weighted by Crippen LogP contribution is 2.24. The van der Waals surface area contributed by atoms with Gasteiger partial charge >= 0.3 is 6.02 Å². The van der Waals surface area contributed by atoms with E-state index in [2.05, 4.69) is 4.99 Å². The van der Waals surface area contributed by atoms with Gasteiger partial charge in [0.15, 0.2) is 0 Å². The summed E-state index contributed by atoms with van der Waals surface area (Å²) in [5.41, 5.74) is 0. The first-order valence-corrected chi connectivity index (χ1v) is 4.97. The molecule has 3 atom stereocenters. The summed E-state index contributed by atoms with van der Waals surface area (Å²) in [6, 6.07) is -0.601. The Hall–Kier alpha value is -1.31. The Bertz CT molecular complexity index is 330. The maximum Gasteiger partial charge on any atom is 0.349 e. The summed E-state index contributed by atoms with van der Waals surface area (Å²) < 4.78 is 5.30. The largest absolute Gasteiger partial charge is 0.493 e. The maximum absolute atomic E-state index is 11.4. The van der Waals surface area contributed by atoms with Crippen LogP contribution in [0.25, 0.3) is 0 Å². The average Bonchev–Trinajstić information content (AvgIpc) is 2.59. The summed E-state index contributed by atoms with van der Waals surface area (Å²) in [4.78, 5) is 4.65. The molecule has 0 aliphatic carbocycles. The number of hydrogen-bond acceptors (Lipinski definition) is 6. The van der Waals surface area contributed by atoms with E-state index >= 15 is 0 Å². The molecular weight excluding hydrogens is 216 g/mol. The van der Waals surface area contributed by atoms with Crippen LogP contribution in [0, 0.1) is 0 Å². The van der Waals surface area contributed by atoms with Crippen molar-refractivity contribution in [2.24, 2.45) is 4.99 Å². The highest BCUT2D eigenvalue weighted by atomic mass is 16.5. The predicted molar refractivity (Wildman–Crippen MR) is 51.9 cm³/mol. The molecule has 0 aromatic carbocycles. The van der Waals surface area contributed by atoms with Crippen LogP contribution >= 0.6 is 0 Å². The molecule has 16 heavy (non-hydrogen) atoms. The van der Waals surface area contributed by atoms with E-state index in [1.165, 1.54) is 11.0 Å². The number of ether oxygens (including phenoxy) is 1. The van der Waals surface area contributed by atoms with E-state index < -0.39 is 24.5 Å². The van der Waals surface area contributed by atoms with Gasteiger partial charge in [-0.25, -0.2) is 5.11 Å². The van der Waals surface area contributed by atoms with E-state index in [-0.39, 0.29) is 25.5 Å². The number of rotatable bonds is 2. The lowest BCUT2D eigenvalue weighted by Crippen LogP contribution is -2.41. The second kappa shape index (κ2) is 4.28. The highest BCUT2D eigenvalue weighted by Gasteiger charge is 2.39. The zero-order valence-electron chi connectivity index (χ0n) is 8.48. The quantitative estimate of drug-likeness (QED) is 0.560. The molecule has 1 fully saturated rings. The molecule has 2 aliphatic heterocycles. The van der Waals surface area contributed by atoms with Crippen molar-refractivity contribution in [1.82, 2.24) is 4.90 Å². The molecule has 7 heteroatoms. The fraction of sp³-hybridized carbons (Fsp3) is 0.667. The third-order valence-electron chi connectivity index (χ3n) is 2.66. The normalized spacial score (nSPS) is 34.9. The fourth-order valence-corrected chi connectivity index (χ4v) is 1.78. The zero-order valence-corrected chi connectivity index (χ0v) is 8.48. The van der Waals surface area contributed by atoms with Gasteiger partial charge in [-0.15, -0.1) is 0 Å². The smallest absolute Gasteiger partial charge is 0.349 e. The van der Waals surface area contributed by atoms with Crippen LogP contribution in [-0.2, 0) is 9.84 Å². The van der Waals surface area contributed by atoms with Crippen LogP contribution in [0.5, 0.6) is 0 Å². The van der Waals surface area contributed by atoms with Crippen LogP contribution < -0.4 is 0 Å². The molecule has 2 heterocycles. The molecule has 1 radical (unpaired) electrons. The van der Waals surface area contributed by atoms with Crippen LogP contribution in [0.4, 0.5) is 0 Å². The van der Waals surface area contributed by atoms with Gasteiger partial charge in [0.25, 0.3) is 0 Å². The van der Waals surface area contributed by atoms with E-state index in [0.717, 1.165) is 0 Å². The van der Waals surface area contributed by atoms with Crippen LogP contribution in [-0.4, -0.2) is 57.8 Å². The minimum absolute atomic E-state index is 0.184. The first-order valence-electron chi connectivity index (χ1n) is 4.97. The molecule has 0 aromatic heterocycles. The molecule has 0 amide bonds. The monoisotopic (exact) mass is 229 g/mol. The van der Waals surface area contributed by atoms with E-state index in [0.29, 0.717) is 0 Å². The van der Waals surface area contributed by atoms with Gasteiger partial charge in [0.1, 0.15) is 12.3 Å². The molecule has 0 aromatic rings. The van der Waals surface area contributed by atoms with Crippen molar-refractivity contribution in [2.75, 3.05) is 13.2 Å². The van der Waals surface area contributed by atoms with Crippen molar-refractivity contribution < 1.29 is 25.2 Å². The van der Waals surface area contributed by atoms with Crippen LogP contribution in [0.2, 0.25) is 0 Å². The van der Waals surface area contributed by atoms with Crippen LogP contribution in [0.3, 0.4) is 0 Å². The summed E-state index contributed by atoms with van der Waals surface area (Å²) in [6.07, 6.45) is -0.447. The second-order valence-corrected chi connectivity index (χ2v) is 3.72. The van der Waals surface area contributed by atoms with E-state index in [4.69, 9.17) is 14.9 Å². The molecule has 0 spiro atoms. The van der Waals surface area contributed by atoms with Crippen molar-refractivity contribution in [3.63, 3.8) is 0 Å². The number of aliphatic imine (C=N–C) groups is 1. The molecule has 2 rings (SSSR count). The molecule has 2 aliphatic rings. The van der Waals surface area contributed by atoms with Gasteiger partial charge in [-0.2, -0.15) is 4.99 Å². The number of aliphatic hydroxyl groups excluding tert-OH is 3. The summed E-state index contributed by atoms with van der Waals surface area (Å²) >= 11 is 0. The van der Waals surface area contributed by atoms with Crippen LogP contribution in [0.15, 0.2) is 17.0 Å². The van der Waals surface area contributed by atoms with Crippen molar-refractivity contribution in [1.29, 1.82) is 0 Å². The number of aliphatic hydroxyl groups is 3. The lowest BCUT2D eigenvalue weighted by molar-refractivity contribution is -0.0616. The van der Waals surface area contributed by atoms with Gasteiger partial charge in [-0.1, -0.05) is 0 Å². The highest BCUT2D eigenvalue weighted by molar-refractivity contribution is 5.73. The van der Waals surface area contributed by atoms with Crippen molar-refractivity contribution >= 4 is 6.02 Å². The van der Waals surface area contributed by atoms with Gasteiger partial charge < -0.3 is 20.1 Å². The van der Waals surface area contributed by atoms with Crippen molar-refractivity contribution in [3.05, 3.63) is 12.0 Å². The molecule has 89 valence electrons. The van der Waals surface area contributed by atoms with E-state index in [1.807, 2.05) is 0 Å². The Labute approximate surface area is 91.9 Å². The molecule has 1 saturated heterocycles. The minimum Gasteiger partial charge on any atom is -0.493 e. The number of nitrogens with zero attached hydrogens (tertiary/aromatic N) is 2. The maximum atomic E-state index is 11.4. The lowest BCUT2D eigenvalue weighted by Gasteiger charge is -2.27. The third kappa shape index (κ3) is 1.97.